The molecule has 29 heavy (non-hydrogen) atoms. The van der Waals surface area contributed by atoms with Gasteiger partial charge in [-0.05, 0) is 55.8 Å². The van der Waals surface area contributed by atoms with Gasteiger partial charge in [0.2, 0.25) is 5.91 Å². The third-order valence-electron chi connectivity index (χ3n) is 5.61. The van der Waals surface area contributed by atoms with Crippen molar-refractivity contribution in [3.05, 3.63) is 54.1 Å². The minimum Gasteiger partial charge on any atom is -0.497 e. The summed E-state index contributed by atoms with van der Waals surface area (Å²) >= 11 is 0. The Hall–Kier alpha value is -2.73. The molecule has 0 aliphatic carbocycles. The van der Waals surface area contributed by atoms with Crippen molar-refractivity contribution in [1.29, 1.82) is 0 Å². The Morgan fingerprint density at radius 2 is 1.76 bits per heavy atom. The molecule has 0 aromatic heterocycles. The van der Waals surface area contributed by atoms with Crippen molar-refractivity contribution in [2.24, 2.45) is 0 Å². The van der Waals surface area contributed by atoms with Crippen molar-refractivity contribution in [3.8, 4) is 5.75 Å². The summed E-state index contributed by atoms with van der Waals surface area (Å²) < 4.78 is 5.15. The number of carbonyl (C=O) groups excluding carboxylic acids is 1. The number of nitrogens with zero attached hydrogens (tertiary/aromatic N) is 1. The molecule has 0 bridgehead atoms. The SMILES string of the molecule is CC[NH+]1CCN(c2ccc(N[C@@H](C)C(=O)NCc3ccc(OC)cc3)cc2)CC1. The van der Waals surface area contributed by atoms with Crippen LogP contribution in [0.2, 0.25) is 0 Å². The number of piperazine rings is 1. The van der Waals surface area contributed by atoms with Crippen LogP contribution in [0.15, 0.2) is 48.5 Å². The first-order valence-electron chi connectivity index (χ1n) is 10.4. The van der Waals surface area contributed by atoms with Gasteiger partial charge in [0.1, 0.15) is 11.8 Å². The monoisotopic (exact) mass is 397 g/mol. The molecule has 0 radical (unpaired) electrons. The van der Waals surface area contributed by atoms with E-state index in [9.17, 15) is 4.79 Å². The molecular formula is C23H33N4O2+. The van der Waals surface area contributed by atoms with Gasteiger partial charge in [-0.3, -0.25) is 4.79 Å². The maximum absolute atomic E-state index is 12.4. The Labute approximate surface area is 173 Å². The van der Waals surface area contributed by atoms with Crippen LogP contribution in [-0.2, 0) is 11.3 Å². The molecule has 1 aliphatic rings. The van der Waals surface area contributed by atoms with Crippen molar-refractivity contribution < 1.29 is 14.4 Å². The van der Waals surface area contributed by atoms with Gasteiger partial charge >= 0.3 is 0 Å². The van der Waals surface area contributed by atoms with Gasteiger partial charge in [-0.25, -0.2) is 0 Å². The molecule has 1 amide bonds. The number of likely N-dealkylation sites (N-methyl/N-ethyl adjacent to an activating group) is 1. The molecule has 3 rings (SSSR count). The summed E-state index contributed by atoms with van der Waals surface area (Å²) in [5, 5.41) is 6.26. The first-order chi connectivity index (χ1) is 14.1. The van der Waals surface area contributed by atoms with E-state index in [4.69, 9.17) is 4.74 Å². The molecule has 0 spiro atoms. The zero-order valence-electron chi connectivity index (χ0n) is 17.7. The molecule has 156 valence electrons. The zero-order chi connectivity index (χ0) is 20.6. The number of ether oxygens (including phenoxy) is 1. The first kappa shape index (κ1) is 21.0. The zero-order valence-corrected chi connectivity index (χ0v) is 17.7. The Morgan fingerprint density at radius 1 is 1.10 bits per heavy atom. The molecule has 1 heterocycles. The summed E-state index contributed by atoms with van der Waals surface area (Å²) in [6.45, 7) is 10.4. The third-order valence-corrected chi connectivity index (χ3v) is 5.61. The van der Waals surface area contributed by atoms with Crippen LogP contribution in [0.1, 0.15) is 19.4 Å². The highest BCUT2D eigenvalue weighted by Gasteiger charge is 2.18. The predicted octanol–water partition coefficient (Wildman–Crippen LogP) is 1.54. The molecular weight excluding hydrogens is 364 g/mol. The lowest BCUT2D eigenvalue weighted by molar-refractivity contribution is -0.898. The number of anilines is 2. The van der Waals surface area contributed by atoms with Gasteiger partial charge in [-0.1, -0.05) is 12.1 Å². The first-order valence-corrected chi connectivity index (χ1v) is 10.4. The van der Waals surface area contributed by atoms with Crippen molar-refractivity contribution in [3.63, 3.8) is 0 Å². The van der Waals surface area contributed by atoms with Crippen molar-refractivity contribution in [2.45, 2.75) is 26.4 Å². The third kappa shape index (κ3) is 5.87. The highest BCUT2D eigenvalue weighted by molar-refractivity contribution is 5.84. The normalized spacial score (nSPS) is 15.6. The van der Waals surface area contributed by atoms with Crippen LogP contribution < -0.4 is 25.2 Å². The van der Waals surface area contributed by atoms with E-state index < -0.39 is 0 Å². The van der Waals surface area contributed by atoms with E-state index in [0.29, 0.717) is 6.54 Å². The summed E-state index contributed by atoms with van der Waals surface area (Å²) in [5.41, 5.74) is 3.25. The summed E-state index contributed by atoms with van der Waals surface area (Å²) in [6, 6.07) is 15.8. The molecule has 0 unspecified atom stereocenters. The van der Waals surface area contributed by atoms with E-state index >= 15 is 0 Å². The van der Waals surface area contributed by atoms with Gasteiger partial charge in [-0.2, -0.15) is 0 Å². The number of hydrogen-bond donors (Lipinski definition) is 3. The minimum absolute atomic E-state index is 0.0245. The van der Waals surface area contributed by atoms with Crippen molar-refractivity contribution in [1.82, 2.24) is 5.32 Å². The van der Waals surface area contributed by atoms with E-state index in [1.807, 2.05) is 31.2 Å². The fraction of sp³-hybridized carbons (Fsp3) is 0.435. The van der Waals surface area contributed by atoms with Crippen LogP contribution in [0.3, 0.4) is 0 Å². The number of quaternary nitrogens is 1. The molecule has 1 saturated heterocycles. The quantitative estimate of drug-likeness (QED) is 0.633. The summed E-state index contributed by atoms with van der Waals surface area (Å²) in [4.78, 5) is 16.5. The lowest BCUT2D eigenvalue weighted by Crippen LogP contribution is -3.14. The van der Waals surface area contributed by atoms with Crippen molar-refractivity contribution >= 4 is 17.3 Å². The standard InChI is InChI=1S/C23H32N4O2/c1-4-26-13-15-27(16-14-26)21-9-7-20(8-10-21)25-18(2)23(28)24-17-19-5-11-22(29-3)12-6-19/h5-12,18,25H,4,13-17H2,1-3H3,(H,24,28)/p+1/t18-/m0/s1. The molecule has 3 N–H and O–H groups in total. The largest absolute Gasteiger partial charge is 0.497 e. The second kappa shape index (κ2) is 10.2. The fourth-order valence-electron chi connectivity index (χ4n) is 3.60. The second-order valence-electron chi connectivity index (χ2n) is 7.57. The Morgan fingerprint density at radius 3 is 2.34 bits per heavy atom. The van der Waals surface area contributed by atoms with Crippen LogP contribution >= 0.6 is 0 Å². The molecule has 1 aliphatic heterocycles. The maximum Gasteiger partial charge on any atom is 0.242 e. The van der Waals surface area contributed by atoms with Gasteiger partial charge in [-0.15, -0.1) is 0 Å². The lowest BCUT2D eigenvalue weighted by atomic mass is 10.2. The number of carbonyl (C=O) groups is 1. The molecule has 6 heteroatoms. The van der Waals surface area contributed by atoms with Gasteiger partial charge in [0, 0.05) is 17.9 Å². The summed E-state index contributed by atoms with van der Waals surface area (Å²) in [7, 11) is 1.64. The van der Waals surface area contributed by atoms with Gasteiger partial charge in [0.15, 0.2) is 0 Å². The Bertz CT molecular complexity index is 768. The van der Waals surface area contributed by atoms with Crippen molar-refractivity contribution in [2.75, 3.05) is 50.1 Å². The Kier molecular flexibility index (Phi) is 7.36. The van der Waals surface area contributed by atoms with E-state index in [1.165, 1.54) is 25.3 Å². The number of benzene rings is 2. The van der Waals surface area contributed by atoms with Crippen LogP contribution in [0.4, 0.5) is 11.4 Å². The molecule has 2 aromatic rings. The predicted molar refractivity (Wildman–Crippen MR) is 118 cm³/mol. The topological polar surface area (TPSA) is 58.0 Å². The lowest BCUT2D eigenvalue weighted by Gasteiger charge is -2.33. The fourth-order valence-corrected chi connectivity index (χ4v) is 3.60. The van der Waals surface area contributed by atoms with Crippen LogP contribution in [-0.4, -0.2) is 51.8 Å². The second-order valence-corrected chi connectivity index (χ2v) is 7.57. The number of amides is 1. The van der Waals surface area contributed by atoms with E-state index in [1.54, 1.807) is 12.0 Å². The molecule has 1 atom stereocenters. The van der Waals surface area contributed by atoms with Crippen LogP contribution in [0.5, 0.6) is 5.75 Å². The van der Waals surface area contributed by atoms with Crippen LogP contribution in [0, 0.1) is 0 Å². The molecule has 1 fully saturated rings. The van der Waals surface area contributed by atoms with Gasteiger partial charge in [0.25, 0.3) is 0 Å². The van der Waals surface area contributed by atoms with E-state index in [0.717, 1.165) is 30.1 Å². The highest BCUT2D eigenvalue weighted by atomic mass is 16.5. The summed E-state index contributed by atoms with van der Waals surface area (Å²) in [6.07, 6.45) is 0. The average Bonchev–Trinajstić information content (AvgIpc) is 2.78. The number of methoxy groups -OCH3 is 1. The number of nitrogens with one attached hydrogen (secondary N) is 3. The average molecular weight is 398 g/mol. The molecule has 2 aromatic carbocycles. The maximum atomic E-state index is 12.4. The number of rotatable bonds is 8. The van der Waals surface area contributed by atoms with Gasteiger partial charge < -0.3 is 25.2 Å². The van der Waals surface area contributed by atoms with Crippen LogP contribution in [0.25, 0.3) is 0 Å². The van der Waals surface area contributed by atoms with E-state index in [-0.39, 0.29) is 11.9 Å². The molecule has 0 saturated carbocycles. The van der Waals surface area contributed by atoms with Gasteiger partial charge in [0.05, 0.1) is 39.8 Å². The Balaban J connectivity index is 1.46. The smallest absolute Gasteiger partial charge is 0.242 e. The highest BCUT2D eigenvalue weighted by Crippen LogP contribution is 2.18. The van der Waals surface area contributed by atoms with E-state index in [2.05, 4.69) is 46.7 Å². The summed E-state index contributed by atoms with van der Waals surface area (Å²) in [5.74, 6) is 0.788. The minimum atomic E-state index is -0.309. The number of hydrogen-bond acceptors (Lipinski definition) is 4. The molecule has 6 nitrogen and oxygen atoms in total.